The van der Waals surface area contributed by atoms with Crippen molar-refractivity contribution in [3.05, 3.63) is 12.2 Å². The summed E-state index contributed by atoms with van der Waals surface area (Å²) >= 11 is 0. The Labute approximate surface area is 75.6 Å². The maximum absolute atomic E-state index is 11.0. The summed E-state index contributed by atoms with van der Waals surface area (Å²) in [6, 6.07) is 0. The summed E-state index contributed by atoms with van der Waals surface area (Å²) in [6.07, 6.45) is 2.87. The Kier molecular flexibility index (Phi) is 2.95. The lowest BCUT2D eigenvalue weighted by molar-refractivity contribution is -0.141. The molecule has 1 rings (SSSR count). The van der Waals surface area contributed by atoms with Gasteiger partial charge in [0.05, 0.1) is 13.0 Å². The van der Waals surface area contributed by atoms with E-state index in [4.69, 9.17) is 0 Å². The number of hydrogen-bond acceptors (Lipinski definition) is 4. The van der Waals surface area contributed by atoms with Crippen LogP contribution in [-0.4, -0.2) is 24.6 Å². The highest BCUT2D eigenvalue weighted by molar-refractivity contribution is 6.18. The third-order valence-electron chi connectivity index (χ3n) is 1.96. The van der Waals surface area contributed by atoms with Crippen molar-refractivity contribution in [2.24, 2.45) is 5.92 Å². The maximum atomic E-state index is 11.0. The zero-order valence-electron chi connectivity index (χ0n) is 7.28. The Balaban J connectivity index is 2.42. The van der Waals surface area contributed by atoms with Crippen molar-refractivity contribution in [2.75, 3.05) is 7.11 Å². The van der Waals surface area contributed by atoms with Crippen LogP contribution in [0.3, 0.4) is 0 Å². The molecule has 0 aromatic heterocycles. The van der Waals surface area contributed by atoms with E-state index in [-0.39, 0.29) is 24.4 Å². The monoisotopic (exact) mass is 182 g/mol. The molecule has 4 heteroatoms. The summed E-state index contributed by atoms with van der Waals surface area (Å²) in [5.41, 5.74) is 0. The van der Waals surface area contributed by atoms with Crippen LogP contribution in [0.2, 0.25) is 0 Å². The molecule has 13 heavy (non-hydrogen) atoms. The molecule has 0 atom stereocenters. The van der Waals surface area contributed by atoms with E-state index < -0.39 is 11.9 Å². The first-order valence-corrected chi connectivity index (χ1v) is 3.97. The lowest BCUT2D eigenvalue weighted by Crippen LogP contribution is -2.17. The Bertz CT molecular complexity index is 259. The van der Waals surface area contributed by atoms with E-state index in [1.807, 2.05) is 0 Å². The van der Waals surface area contributed by atoms with Gasteiger partial charge in [-0.25, -0.2) is 0 Å². The number of methoxy groups -OCH3 is 1. The van der Waals surface area contributed by atoms with Crippen LogP contribution in [0, 0.1) is 5.92 Å². The Morgan fingerprint density at radius 2 is 1.92 bits per heavy atom. The van der Waals surface area contributed by atoms with Gasteiger partial charge in [0, 0.05) is 6.42 Å². The fourth-order valence-electron chi connectivity index (χ4n) is 1.19. The standard InChI is InChI=1S/C9H10O4/c1-13-9(12)5-2-6-7(10)3-4-8(6)11/h3-4,6H,2,5H2,1H3. The van der Waals surface area contributed by atoms with Gasteiger partial charge >= 0.3 is 5.97 Å². The molecule has 1 aliphatic carbocycles. The van der Waals surface area contributed by atoms with Crippen LogP contribution in [0.5, 0.6) is 0 Å². The zero-order chi connectivity index (χ0) is 9.84. The van der Waals surface area contributed by atoms with Gasteiger partial charge in [-0.2, -0.15) is 0 Å². The molecule has 4 nitrogen and oxygen atoms in total. The minimum atomic E-state index is -0.654. The molecule has 0 amide bonds. The first kappa shape index (κ1) is 9.64. The lowest BCUT2D eigenvalue weighted by atomic mass is 9.99. The fourth-order valence-corrected chi connectivity index (χ4v) is 1.19. The smallest absolute Gasteiger partial charge is 0.305 e. The Morgan fingerprint density at radius 1 is 1.38 bits per heavy atom. The number of carbonyl (C=O) groups is 3. The molecule has 0 aliphatic heterocycles. The third-order valence-corrected chi connectivity index (χ3v) is 1.96. The highest BCUT2D eigenvalue weighted by Crippen LogP contribution is 2.16. The molecule has 0 spiro atoms. The third kappa shape index (κ3) is 2.24. The number of ketones is 2. The number of allylic oxidation sites excluding steroid dienone is 2. The molecule has 0 radical (unpaired) electrons. The van der Waals surface area contributed by atoms with E-state index in [2.05, 4.69) is 4.74 Å². The summed E-state index contributed by atoms with van der Waals surface area (Å²) in [4.78, 5) is 32.8. The number of hydrogen-bond donors (Lipinski definition) is 0. The van der Waals surface area contributed by atoms with E-state index in [9.17, 15) is 14.4 Å². The largest absolute Gasteiger partial charge is 0.469 e. The molecule has 0 saturated carbocycles. The van der Waals surface area contributed by atoms with Crippen molar-refractivity contribution >= 4 is 17.5 Å². The van der Waals surface area contributed by atoms with Crippen molar-refractivity contribution in [1.29, 1.82) is 0 Å². The van der Waals surface area contributed by atoms with E-state index in [0.29, 0.717) is 0 Å². The molecular weight excluding hydrogens is 172 g/mol. The van der Waals surface area contributed by atoms with Crippen LogP contribution in [0.15, 0.2) is 12.2 Å². The van der Waals surface area contributed by atoms with Gasteiger partial charge in [-0.05, 0) is 18.6 Å². The van der Waals surface area contributed by atoms with Gasteiger partial charge in [0.25, 0.3) is 0 Å². The predicted octanol–water partition coefficient (Wildman–Crippen LogP) is 0.264. The van der Waals surface area contributed by atoms with Crippen LogP contribution in [0.1, 0.15) is 12.8 Å². The molecule has 0 bridgehead atoms. The van der Waals surface area contributed by atoms with Crippen molar-refractivity contribution in [2.45, 2.75) is 12.8 Å². The first-order valence-electron chi connectivity index (χ1n) is 3.97. The van der Waals surface area contributed by atoms with Gasteiger partial charge in [0.2, 0.25) is 0 Å². The summed E-state index contributed by atoms with van der Waals surface area (Å²) in [5.74, 6) is -1.48. The molecule has 70 valence electrons. The van der Waals surface area contributed by atoms with Crippen molar-refractivity contribution in [3.8, 4) is 0 Å². The number of carbonyl (C=O) groups excluding carboxylic acids is 3. The van der Waals surface area contributed by atoms with Crippen LogP contribution < -0.4 is 0 Å². The van der Waals surface area contributed by atoms with Gasteiger partial charge in [-0.3, -0.25) is 14.4 Å². The van der Waals surface area contributed by atoms with Crippen LogP contribution in [0.25, 0.3) is 0 Å². The molecule has 0 fully saturated rings. The van der Waals surface area contributed by atoms with Crippen molar-refractivity contribution in [3.63, 3.8) is 0 Å². The number of rotatable bonds is 3. The summed E-state index contributed by atoms with van der Waals surface area (Å²) in [5, 5.41) is 0. The minimum Gasteiger partial charge on any atom is -0.469 e. The second-order valence-corrected chi connectivity index (χ2v) is 2.81. The second kappa shape index (κ2) is 3.98. The molecule has 0 heterocycles. The van der Waals surface area contributed by atoms with E-state index in [0.717, 1.165) is 0 Å². The summed E-state index contributed by atoms with van der Waals surface area (Å²) < 4.78 is 4.40. The molecule has 0 aromatic rings. The second-order valence-electron chi connectivity index (χ2n) is 2.81. The van der Waals surface area contributed by atoms with E-state index in [1.54, 1.807) is 0 Å². The molecular formula is C9H10O4. The van der Waals surface area contributed by atoms with Crippen LogP contribution in [-0.2, 0) is 19.1 Å². The van der Waals surface area contributed by atoms with Gasteiger partial charge in [-0.1, -0.05) is 0 Å². The van der Waals surface area contributed by atoms with Crippen LogP contribution in [0.4, 0.5) is 0 Å². The molecule has 0 saturated heterocycles. The average Bonchev–Trinajstić information content (AvgIpc) is 2.43. The topological polar surface area (TPSA) is 60.4 Å². The SMILES string of the molecule is COC(=O)CCC1C(=O)C=CC1=O. The summed E-state index contributed by atoms with van der Waals surface area (Å²) in [7, 11) is 1.28. The first-order chi connectivity index (χ1) is 6.15. The molecule has 1 aliphatic rings. The zero-order valence-corrected chi connectivity index (χ0v) is 7.28. The van der Waals surface area contributed by atoms with Crippen molar-refractivity contribution in [1.82, 2.24) is 0 Å². The van der Waals surface area contributed by atoms with Gasteiger partial charge in [-0.15, -0.1) is 0 Å². The minimum absolute atomic E-state index is 0.111. The molecule has 0 N–H and O–H groups in total. The summed E-state index contributed by atoms with van der Waals surface area (Å²) in [6.45, 7) is 0. The van der Waals surface area contributed by atoms with Crippen LogP contribution >= 0.6 is 0 Å². The predicted molar refractivity (Wildman–Crippen MR) is 43.9 cm³/mol. The number of esters is 1. The molecule has 0 unspecified atom stereocenters. The fraction of sp³-hybridized carbons (Fsp3) is 0.444. The Hall–Kier alpha value is -1.45. The highest BCUT2D eigenvalue weighted by atomic mass is 16.5. The lowest BCUT2D eigenvalue weighted by Gasteiger charge is -2.04. The highest BCUT2D eigenvalue weighted by Gasteiger charge is 2.28. The van der Waals surface area contributed by atoms with Gasteiger partial charge in [0.1, 0.15) is 0 Å². The van der Waals surface area contributed by atoms with Gasteiger partial charge in [0.15, 0.2) is 11.6 Å². The van der Waals surface area contributed by atoms with Gasteiger partial charge < -0.3 is 4.74 Å². The molecule has 0 aromatic carbocycles. The van der Waals surface area contributed by atoms with E-state index >= 15 is 0 Å². The average molecular weight is 182 g/mol. The van der Waals surface area contributed by atoms with E-state index in [1.165, 1.54) is 19.3 Å². The number of ether oxygens (including phenoxy) is 1. The quantitative estimate of drug-likeness (QED) is 0.464. The normalized spacial score (nSPS) is 16.7. The maximum Gasteiger partial charge on any atom is 0.305 e. The van der Waals surface area contributed by atoms with Crippen molar-refractivity contribution < 1.29 is 19.1 Å². The Morgan fingerprint density at radius 3 is 2.38 bits per heavy atom.